The molecular weight excluding hydrogens is 332 g/mol. The van der Waals surface area contributed by atoms with Crippen LogP contribution in [0.15, 0.2) is 51.5 Å². The number of aryl methyl sites for hydroxylation is 1. The van der Waals surface area contributed by atoms with Gasteiger partial charge in [-0.1, -0.05) is 25.5 Å². The number of thiophene rings is 1. The highest BCUT2D eigenvalue weighted by Crippen LogP contribution is 2.20. The topological polar surface area (TPSA) is 60.5 Å². The number of allylic oxidation sites excluding steroid dienone is 1. The maximum atomic E-state index is 8.96. The lowest BCUT2D eigenvalue weighted by atomic mass is 10.1. The van der Waals surface area contributed by atoms with Crippen molar-refractivity contribution in [3.8, 4) is 6.19 Å². The van der Waals surface area contributed by atoms with E-state index in [0.29, 0.717) is 0 Å². The van der Waals surface area contributed by atoms with Crippen LogP contribution in [0.4, 0.5) is 0 Å². The molecule has 1 aliphatic heterocycles. The van der Waals surface area contributed by atoms with Crippen molar-refractivity contribution in [1.82, 2.24) is 19.6 Å². The maximum Gasteiger partial charge on any atom is 0.199 e. The first-order valence-corrected chi connectivity index (χ1v) is 9.20. The molecule has 0 fully saturated rings. The summed E-state index contributed by atoms with van der Waals surface area (Å²) >= 11 is 1.71. The fourth-order valence-corrected chi connectivity index (χ4v) is 2.89. The number of hydrogen-bond acceptors (Lipinski definition) is 6. The molecule has 0 N–H and O–H groups in total. The van der Waals surface area contributed by atoms with Crippen LogP contribution >= 0.6 is 11.3 Å². The van der Waals surface area contributed by atoms with E-state index in [1.807, 2.05) is 41.0 Å². The molecule has 2 aromatic heterocycles. The first-order valence-electron chi connectivity index (χ1n) is 8.25. The van der Waals surface area contributed by atoms with Crippen molar-refractivity contribution in [2.24, 2.45) is 4.99 Å². The van der Waals surface area contributed by atoms with Gasteiger partial charge in [-0.2, -0.15) is 16.6 Å². The van der Waals surface area contributed by atoms with Crippen molar-refractivity contribution in [2.75, 3.05) is 13.6 Å². The summed E-state index contributed by atoms with van der Waals surface area (Å²) in [5, 5.41) is 16.4. The minimum absolute atomic E-state index is 0.727. The summed E-state index contributed by atoms with van der Waals surface area (Å²) in [4.78, 5) is 8.77. The summed E-state index contributed by atoms with van der Waals surface area (Å²) < 4.78 is 2.09. The smallest absolute Gasteiger partial charge is 0.199 e. The van der Waals surface area contributed by atoms with Gasteiger partial charge < -0.3 is 4.57 Å². The predicted molar refractivity (Wildman–Crippen MR) is 102 cm³/mol. The van der Waals surface area contributed by atoms with Crippen molar-refractivity contribution in [2.45, 2.75) is 33.2 Å². The molecule has 0 atom stereocenters. The molecule has 0 spiro atoms. The zero-order valence-corrected chi connectivity index (χ0v) is 15.8. The number of nitrogens with zero attached hydrogens (tertiary/aromatic N) is 6. The molecule has 0 saturated carbocycles. The lowest BCUT2D eigenvalue weighted by Gasteiger charge is -2.30. The first kappa shape index (κ1) is 18.7. The third kappa shape index (κ3) is 5.47. The normalized spacial score (nSPS) is 13.3. The molecular formula is C18H24N6S. The third-order valence-corrected chi connectivity index (χ3v) is 4.49. The van der Waals surface area contributed by atoms with Gasteiger partial charge in [-0.25, -0.2) is 15.0 Å². The van der Waals surface area contributed by atoms with Gasteiger partial charge in [-0.15, -0.1) is 0 Å². The van der Waals surface area contributed by atoms with Crippen LogP contribution < -0.4 is 0 Å². The van der Waals surface area contributed by atoms with Crippen LogP contribution in [0.25, 0.3) is 0 Å². The molecule has 25 heavy (non-hydrogen) atoms. The van der Waals surface area contributed by atoms with Crippen LogP contribution in [0.5, 0.6) is 0 Å². The van der Waals surface area contributed by atoms with Gasteiger partial charge in [0.1, 0.15) is 12.2 Å². The van der Waals surface area contributed by atoms with E-state index in [9.17, 15) is 0 Å². The molecule has 132 valence electrons. The van der Waals surface area contributed by atoms with Crippen molar-refractivity contribution in [3.05, 3.63) is 52.4 Å². The summed E-state index contributed by atoms with van der Waals surface area (Å²) in [6.07, 6.45) is 9.66. The molecule has 0 aliphatic carbocycles. The largest absolute Gasteiger partial charge is 0.329 e. The molecule has 0 radical (unpaired) electrons. The van der Waals surface area contributed by atoms with Crippen LogP contribution in [-0.4, -0.2) is 39.5 Å². The Morgan fingerprint density at radius 3 is 2.64 bits per heavy atom. The summed E-state index contributed by atoms with van der Waals surface area (Å²) in [6, 6.07) is 4.04. The lowest BCUT2D eigenvalue weighted by molar-refractivity contribution is 0.164. The average molecular weight is 356 g/mol. The standard InChI is InChI=1S/C14H20N6.C4H4S/c1-4-5-13-8-20(18(3)10-15)11-17-14(13)9-19-7-6-16-12(19)2;1-2-4-5-3-1/h6-7,11H,4-5,8-9H2,1-3H3;1-4H. The second kappa shape index (κ2) is 9.64. The Morgan fingerprint density at radius 2 is 2.12 bits per heavy atom. The number of aromatic nitrogens is 2. The number of rotatable bonds is 5. The van der Waals surface area contributed by atoms with Crippen molar-refractivity contribution in [3.63, 3.8) is 0 Å². The molecule has 7 heteroatoms. The maximum absolute atomic E-state index is 8.96. The number of hydrazine groups is 1. The molecule has 2 aromatic rings. The van der Waals surface area contributed by atoms with E-state index < -0.39 is 0 Å². The van der Waals surface area contributed by atoms with E-state index >= 15 is 0 Å². The molecule has 0 saturated heterocycles. The van der Waals surface area contributed by atoms with E-state index in [0.717, 1.165) is 37.5 Å². The zero-order chi connectivity index (χ0) is 18.1. The van der Waals surface area contributed by atoms with Crippen LogP contribution in [0.3, 0.4) is 0 Å². The molecule has 6 nitrogen and oxygen atoms in total. The minimum atomic E-state index is 0.727. The molecule has 3 rings (SSSR count). The molecule has 1 aliphatic rings. The van der Waals surface area contributed by atoms with Gasteiger partial charge in [0, 0.05) is 19.4 Å². The van der Waals surface area contributed by atoms with Gasteiger partial charge >= 0.3 is 0 Å². The van der Waals surface area contributed by atoms with Gasteiger partial charge in [0.15, 0.2) is 6.19 Å². The van der Waals surface area contributed by atoms with E-state index in [1.54, 1.807) is 30.9 Å². The highest BCUT2D eigenvalue weighted by molar-refractivity contribution is 7.07. The Balaban J connectivity index is 0.000000386. The Bertz CT molecular complexity index is 721. The van der Waals surface area contributed by atoms with E-state index in [1.165, 1.54) is 10.6 Å². The van der Waals surface area contributed by atoms with Gasteiger partial charge in [0.2, 0.25) is 0 Å². The number of imidazole rings is 1. The van der Waals surface area contributed by atoms with E-state index in [4.69, 9.17) is 5.26 Å². The summed E-state index contributed by atoms with van der Waals surface area (Å²) in [5.74, 6) is 0.986. The van der Waals surface area contributed by atoms with Crippen LogP contribution in [-0.2, 0) is 6.54 Å². The summed E-state index contributed by atoms with van der Waals surface area (Å²) in [5.41, 5.74) is 2.36. The van der Waals surface area contributed by atoms with Crippen LogP contribution in [0.1, 0.15) is 25.6 Å². The Kier molecular flexibility index (Phi) is 7.23. The van der Waals surface area contributed by atoms with E-state index in [-0.39, 0.29) is 0 Å². The third-order valence-electron chi connectivity index (χ3n) is 3.86. The number of hydrogen-bond donors (Lipinski definition) is 0. The highest BCUT2D eigenvalue weighted by Gasteiger charge is 2.17. The van der Waals surface area contributed by atoms with Crippen molar-refractivity contribution in [1.29, 1.82) is 5.26 Å². The fourth-order valence-electron chi connectivity index (χ4n) is 2.43. The van der Waals surface area contributed by atoms with Crippen molar-refractivity contribution < 1.29 is 0 Å². The molecule has 0 amide bonds. The first-order chi connectivity index (χ1) is 12.2. The summed E-state index contributed by atoms with van der Waals surface area (Å²) in [6.45, 7) is 5.61. The van der Waals surface area contributed by atoms with Gasteiger partial charge in [-0.3, -0.25) is 5.01 Å². The number of aliphatic imine (C=N–C) groups is 1. The summed E-state index contributed by atoms with van der Waals surface area (Å²) in [7, 11) is 1.74. The SMILES string of the molecule is CCCC1=C(Cn2ccnc2C)N=CN(N(C)C#N)C1.c1ccsc1. The zero-order valence-electron chi connectivity index (χ0n) is 15.0. The molecule has 3 heterocycles. The Hall–Kier alpha value is -2.59. The second-order valence-corrected chi connectivity index (χ2v) is 6.48. The predicted octanol–water partition coefficient (Wildman–Crippen LogP) is 3.67. The average Bonchev–Trinajstić information content (AvgIpc) is 3.32. The number of nitriles is 1. The van der Waals surface area contributed by atoms with Gasteiger partial charge in [-0.05, 0) is 29.7 Å². The monoisotopic (exact) mass is 356 g/mol. The van der Waals surface area contributed by atoms with Gasteiger partial charge in [0.05, 0.1) is 18.8 Å². The fraction of sp³-hybridized carbons (Fsp3) is 0.389. The van der Waals surface area contributed by atoms with Crippen LogP contribution in [0, 0.1) is 18.4 Å². The minimum Gasteiger partial charge on any atom is -0.329 e. The van der Waals surface area contributed by atoms with Gasteiger partial charge in [0.25, 0.3) is 0 Å². The molecule has 0 aromatic carbocycles. The highest BCUT2D eigenvalue weighted by atomic mass is 32.1. The molecule has 0 bridgehead atoms. The second-order valence-electron chi connectivity index (χ2n) is 5.66. The van der Waals surface area contributed by atoms with Crippen molar-refractivity contribution >= 4 is 17.7 Å². The van der Waals surface area contributed by atoms with E-state index in [2.05, 4.69) is 27.7 Å². The Labute approximate surface area is 153 Å². The molecule has 0 unspecified atom stereocenters. The lowest BCUT2D eigenvalue weighted by Crippen LogP contribution is -2.39. The van der Waals surface area contributed by atoms with Crippen LogP contribution in [0.2, 0.25) is 0 Å². The quantitative estimate of drug-likeness (QED) is 0.606. The Morgan fingerprint density at radius 1 is 1.36 bits per heavy atom.